The number of carbonyl (C=O) groups excluding carboxylic acids is 2. The third-order valence-electron chi connectivity index (χ3n) is 3.97. The largest absolute Gasteiger partial charge is 0.562 e. The number of amides is 1. The highest BCUT2D eigenvalue weighted by molar-refractivity contribution is 6.61. The van der Waals surface area contributed by atoms with Gasteiger partial charge < -0.3 is 20.0 Å². The highest BCUT2D eigenvalue weighted by atomic mass is 19.4. The second-order valence-corrected chi connectivity index (χ2v) is 5.94. The minimum atomic E-state index is -5.18. The standard InChI is InChI=1S/C17H13BF3N3O4/c19-17(20,21)16(26)28-18(27)12-4-1-10(2-5-12)8-24-9-23-13-7-11(15(22)25)3-6-14(13)24/h1-7,9,27H,8H2,(H2,22,25). The molecule has 0 unspecified atom stereocenters. The van der Waals surface area contributed by atoms with Gasteiger partial charge in [-0.25, -0.2) is 9.78 Å². The first kappa shape index (κ1) is 19.4. The molecule has 1 aromatic heterocycles. The van der Waals surface area contributed by atoms with Crippen molar-refractivity contribution in [2.24, 2.45) is 5.73 Å². The van der Waals surface area contributed by atoms with E-state index in [0.29, 0.717) is 17.6 Å². The first-order valence-corrected chi connectivity index (χ1v) is 7.94. The number of carbonyl (C=O) groups is 2. The maximum Gasteiger partial charge on any atom is 0.562 e. The van der Waals surface area contributed by atoms with Crippen LogP contribution in [-0.4, -0.2) is 39.7 Å². The van der Waals surface area contributed by atoms with E-state index in [1.54, 1.807) is 41.2 Å². The highest BCUT2D eigenvalue weighted by Gasteiger charge is 2.43. The molecular weight excluding hydrogens is 378 g/mol. The molecule has 0 aliphatic heterocycles. The lowest BCUT2D eigenvalue weighted by atomic mass is 9.79. The number of nitrogens with two attached hydrogens (primary N) is 1. The van der Waals surface area contributed by atoms with Crippen molar-refractivity contribution in [2.75, 3.05) is 0 Å². The van der Waals surface area contributed by atoms with Gasteiger partial charge in [0.25, 0.3) is 0 Å². The number of halogens is 3. The van der Waals surface area contributed by atoms with Gasteiger partial charge in [0.05, 0.1) is 17.4 Å². The molecule has 1 amide bonds. The Hall–Kier alpha value is -3.34. The van der Waals surface area contributed by atoms with Crippen LogP contribution in [0.3, 0.4) is 0 Å². The number of alkyl halides is 3. The van der Waals surface area contributed by atoms with E-state index in [0.717, 1.165) is 11.1 Å². The minimum absolute atomic E-state index is 0.00272. The van der Waals surface area contributed by atoms with Gasteiger partial charge in [-0.15, -0.1) is 0 Å². The molecule has 0 aliphatic rings. The fourth-order valence-electron chi connectivity index (χ4n) is 2.56. The number of hydrogen-bond acceptors (Lipinski definition) is 5. The summed E-state index contributed by atoms with van der Waals surface area (Å²) in [6.07, 6.45) is -3.61. The average Bonchev–Trinajstić information content (AvgIpc) is 3.03. The highest BCUT2D eigenvalue weighted by Crippen LogP contribution is 2.18. The van der Waals surface area contributed by atoms with E-state index >= 15 is 0 Å². The molecule has 2 aromatic carbocycles. The Morgan fingerprint density at radius 2 is 1.86 bits per heavy atom. The SMILES string of the molecule is NC(=O)c1ccc2c(c1)ncn2Cc1ccc(B(O)OC(=O)C(F)(F)F)cc1. The molecule has 3 N–H and O–H groups in total. The van der Waals surface area contributed by atoms with Gasteiger partial charge in [0.1, 0.15) is 0 Å². The Bertz CT molecular complexity index is 1030. The van der Waals surface area contributed by atoms with Crippen molar-refractivity contribution in [2.45, 2.75) is 12.7 Å². The van der Waals surface area contributed by atoms with Gasteiger partial charge in [0.15, 0.2) is 0 Å². The Morgan fingerprint density at radius 3 is 2.46 bits per heavy atom. The Kier molecular flexibility index (Phi) is 5.10. The zero-order valence-corrected chi connectivity index (χ0v) is 14.2. The molecule has 11 heteroatoms. The summed E-state index contributed by atoms with van der Waals surface area (Å²) < 4.78 is 42.3. The lowest BCUT2D eigenvalue weighted by Crippen LogP contribution is -2.40. The number of primary amides is 1. The Labute approximate surface area is 156 Å². The Balaban J connectivity index is 1.73. The molecule has 1 heterocycles. The van der Waals surface area contributed by atoms with Crippen molar-refractivity contribution in [3.8, 4) is 0 Å². The smallest absolute Gasteiger partial charge is 0.499 e. The molecule has 0 saturated carbocycles. The molecule has 0 saturated heterocycles. The summed E-state index contributed by atoms with van der Waals surface area (Å²) in [5.74, 6) is -3.03. The fraction of sp³-hybridized carbons (Fsp3) is 0.118. The van der Waals surface area contributed by atoms with Crippen LogP contribution in [0.5, 0.6) is 0 Å². The van der Waals surface area contributed by atoms with Gasteiger partial charge in [-0.2, -0.15) is 13.2 Å². The van der Waals surface area contributed by atoms with E-state index in [2.05, 4.69) is 9.64 Å². The van der Waals surface area contributed by atoms with E-state index in [-0.39, 0.29) is 5.46 Å². The summed E-state index contributed by atoms with van der Waals surface area (Å²) in [7, 11) is -2.02. The monoisotopic (exact) mass is 391 g/mol. The molecule has 0 radical (unpaired) electrons. The molecule has 0 bridgehead atoms. The van der Waals surface area contributed by atoms with Crippen LogP contribution in [0.25, 0.3) is 11.0 Å². The van der Waals surface area contributed by atoms with Crippen molar-refractivity contribution in [1.82, 2.24) is 9.55 Å². The second-order valence-electron chi connectivity index (χ2n) is 5.94. The summed E-state index contributed by atoms with van der Waals surface area (Å²) in [6, 6.07) is 10.7. The van der Waals surface area contributed by atoms with E-state index in [9.17, 15) is 27.8 Å². The first-order chi connectivity index (χ1) is 13.1. The van der Waals surface area contributed by atoms with Crippen LogP contribution in [0.1, 0.15) is 15.9 Å². The molecule has 0 aliphatic carbocycles. The molecular formula is C17H13BF3N3O4. The van der Waals surface area contributed by atoms with Gasteiger partial charge in [0, 0.05) is 12.1 Å². The molecule has 3 aromatic rings. The molecule has 144 valence electrons. The van der Waals surface area contributed by atoms with Crippen LogP contribution in [-0.2, 0) is 16.0 Å². The van der Waals surface area contributed by atoms with Gasteiger partial charge in [-0.3, -0.25) is 4.79 Å². The van der Waals surface area contributed by atoms with Crippen LogP contribution < -0.4 is 11.2 Å². The number of aromatic nitrogens is 2. The minimum Gasteiger partial charge on any atom is -0.499 e. The van der Waals surface area contributed by atoms with Crippen molar-refractivity contribution in [3.05, 3.63) is 59.9 Å². The van der Waals surface area contributed by atoms with Crippen molar-refractivity contribution >= 4 is 35.5 Å². The first-order valence-electron chi connectivity index (χ1n) is 7.94. The van der Waals surface area contributed by atoms with Crippen molar-refractivity contribution in [3.63, 3.8) is 0 Å². The third kappa shape index (κ3) is 4.14. The summed E-state index contributed by atoms with van der Waals surface area (Å²) in [5, 5.41) is 9.62. The average molecular weight is 391 g/mol. The maximum atomic E-state index is 12.2. The van der Waals surface area contributed by atoms with Gasteiger partial charge in [0.2, 0.25) is 5.91 Å². The van der Waals surface area contributed by atoms with Gasteiger partial charge in [-0.05, 0) is 29.2 Å². The quantitative estimate of drug-likeness (QED) is 0.631. The lowest BCUT2D eigenvalue weighted by Gasteiger charge is -2.11. The molecule has 7 nitrogen and oxygen atoms in total. The number of hydrogen-bond donors (Lipinski definition) is 2. The molecule has 0 fully saturated rings. The van der Waals surface area contributed by atoms with Crippen molar-refractivity contribution in [1.29, 1.82) is 0 Å². The van der Waals surface area contributed by atoms with Crippen LogP contribution in [0.4, 0.5) is 13.2 Å². The summed E-state index contributed by atoms with van der Waals surface area (Å²) >= 11 is 0. The van der Waals surface area contributed by atoms with Crippen LogP contribution in [0, 0.1) is 0 Å². The van der Waals surface area contributed by atoms with Gasteiger partial charge in [-0.1, -0.05) is 24.3 Å². The number of benzene rings is 2. The lowest BCUT2D eigenvalue weighted by molar-refractivity contribution is -0.190. The number of fused-ring (bicyclic) bond motifs is 1. The zero-order valence-electron chi connectivity index (χ0n) is 14.2. The van der Waals surface area contributed by atoms with Crippen LogP contribution >= 0.6 is 0 Å². The summed E-state index contributed by atoms with van der Waals surface area (Å²) in [4.78, 5) is 26.2. The van der Waals surface area contributed by atoms with E-state index in [1.165, 1.54) is 12.1 Å². The van der Waals surface area contributed by atoms with Crippen LogP contribution in [0.15, 0.2) is 48.8 Å². The maximum absolute atomic E-state index is 12.2. The summed E-state index contributed by atoms with van der Waals surface area (Å²) in [6.45, 7) is 0.380. The number of nitrogens with zero attached hydrogens (tertiary/aromatic N) is 2. The zero-order chi connectivity index (χ0) is 20.5. The predicted molar refractivity (Wildman–Crippen MR) is 93.5 cm³/mol. The molecule has 0 atom stereocenters. The third-order valence-corrected chi connectivity index (χ3v) is 3.97. The number of imidazole rings is 1. The fourth-order valence-corrected chi connectivity index (χ4v) is 2.56. The topological polar surface area (TPSA) is 107 Å². The van der Waals surface area contributed by atoms with Gasteiger partial charge >= 0.3 is 19.3 Å². The van der Waals surface area contributed by atoms with E-state index < -0.39 is 25.2 Å². The Morgan fingerprint density at radius 1 is 1.18 bits per heavy atom. The number of rotatable bonds is 5. The van der Waals surface area contributed by atoms with Crippen LogP contribution in [0.2, 0.25) is 0 Å². The molecule has 28 heavy (non-hydrogen) atoms. The molecule has 0 spiro atoms. The summed E-state index contributed by atoms with van der Waals surface area (Å²) in [5.41, 5.74) is 7.68. The van der Waals surface area contributed by atoms with Crippen molar-refractivity contribution < 1.29 is 32.4 Å². The van der Waals surface area contributed by atoms with E-state index in [4.69, 9.17) is 5.73 Å². The normalized spacial score (nSPS) is 11.4. The second kappa shape index (κ2) is 7.35. The molecule has 3 rings (SSSR count). The van der Waals surface area contributed by atoms with E-state index in [1.807, 2.05) is 0 Å². The predicted octanol–water partition coefficient (Wildman–Crippen LogP) is 0.976.